The highest BCUT2D eigenvalue weighted by molar-refractivity contribution is 7.13. The van der Waals surface area contributed by atoms with Crippen LogP contribution in [0.15, 0.2) is 15.9 Å². The molecule has 2 aromatic rings. The largest absolute Gasteiger partial charge is 0.463 e. The summed E-state index contributed by atoms with van der Waals surface area (Å²) in [7, 11) is 2.85. The average molecular weight is 281 g/mol. The first-order valence-electron chi connectivity index (χ1n) is 5.84. The molecule has 0 bridgehead atoms. The molecule has 0 aliphatic carbocycles. The van der Waals surface area contributed by atoms with E-state index in [1.165, 1.54) is 25.6 Å². The van der Waals surface area contributed by atoms with Crippen molar-refractivity contribution in [2.45, 2.75) is 20.0 Å². The molecule has 6 heteroatoms. The Morgan fingerprint density at radius 2 is 2.26 bits per heavy atom. The second-order valence-electron chi connectivity index (χ2n) is 3.85. The quantitative estimate of drug-likeness (QED) is 0.789. The molecule has 102 valence electrons. The maximum atomic E-state index is 11.6. The SMILES string of the molecule is CCc1ccsc1-c1nc(COC)c(C(=O)OC)o1. The lowest BCUT2D eigenvalue weighted by atomic mass is 10.2. The molecule has 2 aromatic heterocycles. The van der Waals surface area contributed by atoms with E-state index in [2.05, 4.69) is 16.6 Å². The Bertz CT molecular complexity index is 573. The summed E-state index contributed by atoms with van der Waals surface area (Å²) in [5.74, 6) is 0.00880. The van der Waals surface area contributed by atoms with Gasteiger partial charge in [0.05, 0.1) is 18.6 Å². The smallest absolute Gasteiger partial charge is 0.376 e. The lowest BCUT2D eigenvalue weighted by Gasteiger charge is -1.96. The normalized spacial score (nSPS) is 10.7. The molecule has 0 unspecified atom stereocenters. The number of aromatic nitrogens is 1. The van der Waals surface area contributed by atoms with E-state index in [-0.39, 0.29) is 12.4 Å². The predicted molar refractivity (Wildman–Crippen MR) is 71.2 cm³/mol. The van der Waals surface area contributed by atoms with Crippen molar-refractivity contribution >= 4 is 17.3 Å². The van der Waals surface area contributed by atoms with Crippen LogP contribution in [-0.4, -0.2) is 25.2 Å². The molecule has 0 N–H and O–H groups in total. The molecule has 0 atom stereocenters. The Hall–Kier alpha value is -1.66. The molecule has 5 nitrogen and oxygen atoms in total. The van der Waals surface area contributed by atoms with Crippen molar-refractivity contribution in [3.63, 3.8) is 0 Å². The summed E-state index contributed by atoms with van der Waals surface area (Å²) >= 11 is 1.54. The molecular weight excluding hydrogens is 266 g/mol. The first kappa shape index (κ1) is 13.8. The van der Waals surface area contributed by atoms with E-state index in [0.717, 1.165) is 16.9 Å². The van der Waals surface area contributed by atoms with Crippen LogP contribution < -0.4 is 0 Å². The Morgan fingerprint density at radius 3 is 2.89 bits per heavy atom. The van der Waals surface area contributed by atoms with Gasteiger partial charge in [-0.25, -0.2) is 9.78 Å². The van der Waals surface area contributed by atoms with E-state index in [4.69, 9.17) is 9.15 Å². The number of hydrogen-bond donors (Lipinski definition) is 0. The standard InChI is InChI=1S/C13H15NO4S/c1-4-8-5-6-19-11(8)12-14-9(7-16-2)10(18-12)13(15)17-3/h5-6H,4,7H2,1-3H3. The number of carbonyl (C=O) groups is 1. The van der Waals surface area contributed by atoms with Gasteiger partial charge in [0.15, 0.2) is 0 Å². The van der Waals surface area contributed by atoms with Crippen LogP contribution in [0.3, 0.4) is 0 Å². The number of nitrogens with zero attached hydrogens (tertiary/aromatic N) is 1. The first-order valence-corrected chi connectivity index (χ1v) is 6.72. The Balaban J connectivity index is 2.45. The van der Waals surface area contributed by atoms with Crippen LogP contribution in [0.1, 0.15) is 28.7 Å². The highest BCUT2D eigenvalue weighted by Crippen LogP contribution is 2.31. The number of carbonyl (C=O) groups excluding carboxylic acids is 1. The molecule has 0 amide bonds. The van der Waals surface area contributed by atoms with Gasteiger partial charge >= 0.3 is 5.97 Å². The molecule has 2 heterocycles. The fourth-order valence-electron chi connectivity index (χ4n) is 1.74. The Morgan fingerprint density at radius 1 is 1.47 bits per heavy atom. The number of esters is 1. The van der Waals surface area contributed by atoms with E-state index >= 15 is 0 Å². The van der Waals surface area contributed by atoms with E-state index in [0.29, 0.717) is 11.6 Å². The van der Waals surface area contributed by atoms with Crippen molar-refractivity contribution < 1.29 is 18.7 Å². The van der Waals surface area contributed by atoms with Gasteiger partial charge in [0.1, 0.15) is 5.69 Å². The number of oxazole rings is 1. The monoisotopic (exact) mass is 281 g/mol. The second-order valence-corrected chi connectivity index (χ2v) is 4.76. The maximum Gasteiger partial charge on any atom is 0.376 e. The molecule has 0 saturated heterocycles. The number of methoxy groups -OCH3 is 2. The number of thiophene rings is 1. The van der Waals surface area contributed by atoms with Crippen molar-refractivity contribution in [1.82, 2.24) is 4.98 Å². The summed E-state index contributed by atoms with van der Waals surface area (Å²) in [6, 6.07) is 2.03. The topological polar surface area (TPSA) is 61.6 Å². The van der Waals surface area contributed by atoms with Crippen LogP contribution in [0, 0.1) is 0 Å². The summed E-state index contributed by atoms with van der Waals surface area (Å²) in [6.07, 6.45) is 0.883. The highest BCUT2D eigenvalue weighted by Gasteiger charge is 2.23. The summed E-state index contributed by atoms with van der Waals surface area (Å²) < 4.78 is 15.3. The third-order valence-corrected chi connectivity index (χ3v) is 3.62. The molecule has 0 fully saturated rings. The molecule has 0 aliphatic rings. The van der Waals surface area contributed by atoms with Crippen LogP contribution in [-0.2, 0) is 22.5 Å². The van der Waals surface area contributed by atoms with Crippen LogP contribution in [0.25, 0.3) is 10.8 Å². The van der Waals surface area contributed by atoms with Gasteiger partial charge in [-0.05, 0) is 23.4 Å². The molecule has 2 rings (SSSR count). The third kappa shape index (κ3) is 2.69. The number of ether oxygens (including phenoxy) is 2. The molecule has 0 spiro atoms. The minimum absolute atomic E-state index is 0.106. The molecule has 0 radical (unpaired) electrons. The third-order valence-electron chi connectivity index (χ3n) is 2.67. The number of hydrogen-bond acceptors (Lipinski definition) is 6. The highest BCUT2D eigenvalue weighted by atomic mass is 32.1. The van der Waals surface area contributed by atoms with Gasteiger partial charge in [-0.15, -0.1) is 11.3 Å². The fourth-order valence-corrected chi connectivity index (χ4v) is 2.66. The van der Waals surface area contributed by atoms with Crippen LogP contribution in [0.5, 0.6) is 0 Å². The lowest BCUT2D eigenvalue weighted by Crippen LogP contribution is -2.04. The zero-order valence-electron chi connectivity index (χ0n) is 11.1. The van der Waals surface area contributed by atoms with Crippen molar-refractivity contribution in [1.29, 1.82) is 0 Å². The summed E-state index contributed by atoms with van der Waals surface area (Å²) in [5, 5.41) is 1.98. The van der Waals surface area contributed by atoms with Crippen molar-refractivity contribution in [3.8, 4) is 10.8 Å². The minimum atomic E-state index is -0.541. The van der Waals surface area contributed by atoms with E-state index in [1.54, 1.807) is 0 Å². The number of aryl methyl sites for hydroxylation is 1. The van der Waals surface area contributed by atoms with Crippen molar-refractivity contribution in [2.24, 2.45) is 0 Å². The average Bonchev–Trinajstić information content (AvgIpc) is 3.03. The fraction of sp³-hybridized carbons (Fsp3) is 0.385. The lowest BCUT2D eigenvalue weighted by molar-refractivity contribution is 0.0559. The Labute approximate surface area is 115 Å². The summed E-state index contributed by atoms with van der Waals surface area (Å²) in [5.41, 5.74) is 1.60. The number of rotatable bonds is 5. The van der Waals surface area contributed by atoms with E-state index in [1.807, 2.05) is 11.4 Å². The van der Waals surface area contributed by atoms with Gasteiger partial charge in [-0.1, -0.05) is 6.92 Å². The molecule has 0 saturated carbocycles. The molecule has 0 aliphatic heterocycles. The molecule has 19 heavy (non-hydrogen) atoms. The van der Waals surface area contributed by atoms with Gasteiger partial charge in [0, 0.05) is 7.11 Å². The van der Waals surface area contributed by atoms with Crippen LogP contribution in [0.2, 0.25) is 0 Å². The molecule has 0 aromatic carbocycles. The van der Waals surface area contributed by atoms with Gasteiger partial charge in [-0.3, -0.25) is 0 Å². The summed E-state index contributed by atoms with van der Waals surface area (Å²) in [4.78, 5) is 16.9. The van der Waals surface area contributed by atoms with E-state index < -0.39 is 5.97 Å². The van der Waals surface area contributed by atoms with Crippen LogP contribution >= 0.6 is 11.3 Å². The van der Waals surface area contributed by atoms with Gasteiger partial charge < -0.3 is 13.9 Å². The maximum absolute atomic E-state index is 11.6. The second kappa shape index (κ2) is 5.99. The Kier molecular flexibility index (Phi) is 4.34. The predicted octanol–water partition coefficient (Wildman–Crippen LogP) is 2.90. The van der Waals surface area contributed by atoms with E-state index in [9.17, 15) is 4.79 Å². The van der Waals surface area contributed by atoms with Gasteiger partial charge in [0.2, 0.25) is 11.7 Å². The zero-order valence-corrected chi connectivity index (χ0v) is 11.9. The van der Waals surface area contributed by atoms with Gasteiger partial charge in [-0.2, -0.15) is 0 Å². The minimum Gasteiger partial charge on any atom is -0.463 e. The van der Waals surface area contributed by atoms with Crippen LogP contribution in [0.4, 0.5) is 0 Å². The van der Waals surface area contributed by atoms with Gasteiger partial charge in [0.25, 0.3) is 0 Å². The van der Waals surface area contributed by atoms with Crippen molar-refractivity contribution in [2.75, 3.05) is 14.2 Å². The first-order chi connectivity index (χ1) is 9.21. The zero-order chi connectivity index (χ0) is 13.8. The molecular formula is C13H15NO4S. The summed E-state index contributed by atoms with van der Waals surface area (Å²) in [6.45, 7) is 2.27. The van der Waals surface area contributed by atoms with Crippen molar-refractivity contribution in [3.05, 3.63) is 28.5 Å².